The van der Waals surface area contributed by atoms with Crippen LogP contribution in [0.15, 0.2) is 36.9 Å². The van der Waals surface area contributed by atoms with Crippen molar-refractivity contribution >= 4 is 5.82 Å². The van der Waals surface area contributed by atoms with Crippen LogP contribution in [-0.4, -0.2) is 55.2 Å². The maximum Gasteiger partial charge on any atom is 0.181 e. The molecule has 0 spiro atoms. The van der Waals surface area contributed by atoms with Crippen LogP contribution in [0, 0.1) is 5.82 Å². The maximum atomic E-state index is 15.3. The third-order valence-corrected chi connectivity index (χ3v) is 7.18. The van der Waals surface area contributed by atoms with Gasteiger partial charge in [0.05, 0.1) is 30.3 Å². The third kappa shape index (κ3) is 3.70. The molecule has 1 aliphatic carbocycles. The van der Waals surface area contributed by atoms with Crippen LogP contribution in [0.4, 0.5) is 19.0 Å². The number of rotatable bonds is 6. The molecule has 2 N–H and O–H groups in total. The summed E-state index contributed by atoms with van der Waals surface area (Å²) >= 11 is 0. The minimum absolute atomic E-state index is 0.104. The molecule has 10 heteroatoms. The quantitative estimate of drug-likeness (QED) is 0.568. The molecule has 4 atom stereocenters. The van der Waals surface area contributed by atoms with Gasteiger partial charge >= 0.3 is 0 Å². The van der Waals surface area contributed by atoms with E-state index in [1.807, 2.05) is 0 Å². The second kappa shape index (κ2) is 8.26. The average Bonchev–Trinajstić information content (AvgIpc) is 3.41. The number of nitrogens with one attached hydrogen (secondary N) is 1. The average molecular weight is 470 g/mol. The first-order valence-corrected chi connectivity index (χ1v) is 11.6. The van der Waals surface area contributed by atoms with Gasteiger partial charge in [-0.2, -0.15) is 5.10 Å². The molecule has 2 saturated heterocycles. The van der Waals surface area contributed by atoms with E-state index in [0.717, 1.165) is 36.8 Å². The smallest absolute Gasteiger partial charge is 0.181 e. The Morgan fingerprint density at radius 2 is 1.94 bits per heavy atom. The van der Waals surface area contributed by atoms with Crippen molar-refractivity contribution in [3.8, 4) is 28.1 Å². The molecule has 6 rings (SSSR count). The fourth-order valence-corrected chi connectivity index (χ4v) is 5.37. The molecule has 3 fully saturated rings. The van der Waals surface area contributed by atoms with Crippen LogP contribution >= 0.6 is 0 Å². The minimum atomic E-state index is -0.965. The van der Waals surface area contributed by atoms with Gasteiger partial charge in [0.2, 0.25) is 0 Å². The number of halogens is 3. The molecule has 2 aromatic heterocycles. The number of benzene rings is 1. The molecule has 0 amide bonds. The van der Waals surface area contributed by atoms with Crippen LogP contribution in [0.2, 0.25) is 0 Å². The lowest BCUT2D eigenvalue weighted by Crippen LogP contribution is -2.57. The molecule has 1 saturated carbocycles. The monoisotopic (exact) mass is 470 g/mol. The molecule has 7 nitrogen and oxygen atoms in total. The van der Waals surface area contributed by atoms with Crippen LogP contribution in [-0.2, 0) is 6.80 Å². The predicted molar refractivity (Wildman–Crippen MR) is 120 cm³/mol. The van der Waals surface area contributed by atoms with Gasteiger partial charge in [-0.3, -0.25) is 4.98 Å². The van der Waals surface area contributed by atoms with Crippen molar-refractivity contribution in [1.82, 2.24) is 25.1 Å². The van der Waals surface area contributed by atoms with E-state index in [2.05, 4.69) is 25.3 Å². The number of phenolic OH excluding ortho intramolecular Hbond substituents is 1. The van der Waals surface area contributed by atoms with Gasteiger partial charge in [0, 0.05) is 41.0 Å². The Labute approximate surface area is 194 Å². The van der Waals surface area contributed by atoms with E-state index in [9.17, 15) is 13.9 Å². The van der Waals surface area contributed by atoms with Crippen molar-refractivity contribution in [2.24, 2.45) is 0 Å². The van der Waals surface area contributed by atoms with Crippen LogP contribution in [0.25, 0.3) is 22.4 Å². The van der Waals surface area contributed by atoms with Gasteiger partial charge in [0.25, 0.3) is 0 Å². The predicted octanol–water partition coefficient (Wildman–Crippen LogP) is 3.98. The molecule has 4 heterocycles. The first kappa shape index (κ1) is 21.4. The topological polar surface area (TPSA) is 79.1 Å². The van der Waals surface area contributed by atoms with Crippen molar-refractivity contribution in [3.63, 3.8) is 0 Å². The Bertz CT molecular complexity index is 1200. The summed E-state index contributed by atoms with van der Waals surface area (Å²) in [5, 5.41) is 17.7. The van der Waals surface area contributed by atoms with Crippen LogP contribution < -0.4 is 10.2 Å². The van der Waals surface area contributed by atoms with E-state index >= 15 is 4.39 Å². The zero-order chi connectivity index (χ0) is 23.4. The summed E-state index contributed by atoms with van der Waals surface area (Å²) in [4.78, 5) is 11.1. The summed E-state index contributed by atoms with van der Waals surface area (Å²) in [6, 6.07) is 2.72. The number of nitrogens with zero attached hydrogens (tertiary/aromatic N) is 5. The first-order chi connectivity index (χ1) is 16.5. The highest BCUT2D eigenvalue weighted by Crippen LogP contribution is 2.40. The number of phenols is 1. The highest BCUT2D eigenvalue weighted by molar-refractivity contribution is 5.74. The van der Waals surface area contributed by atoms with Gasteiger partial charge < -0.3 is 15.3 Å². The normalized spacial score (nSPS) is 26.1. The lowest BCUT2D eigenvalue weighted by Gasteiger charge is -2.41. The summed E-state index contributed by atoms with van der Waals surface area (Å²) in [6.07, 6.45) is 9.42. The van der Waals surface area contributed by atoms with Crippen molar-refractivity contribution in [3.05, 3.63) is 42.7 Å². The van der Waals surface area contributed by atoms with E-state index < -0.39 is 18.8 Å². The summed E-state index contributed by atoms with van der Waals surface area (Å²) < 4.78 is 43.9. The molecule has 2 bridgehead atoms. The van der Waals surface area contributed by atoms with E-state index in [0.29, 0.717) is 23.1 Å². The summed E-state index contributed by atoms with van der Waals surface area (Å²) in [5.74, 6) is -0.165. The SMILES string of the molecule is Oc1cc(-c2cnn(CF)c2)c(F)cc1-c1cnc(N(C2CC2)[C@H]2CC3CCC(N3)[C@H]2F)cn1. The Morgan fingerprint density at radius 1 is 1.09 bits per heavy atom. The molecule has 3 aliphatic rings. The fraction of sp³-hybridized carbons (Fsp3) is 0.458. The Balaban J connectivity index is 1.28. The lowest BCUT2D eigenvalue weighted by molar-refractivity contribution is 0.171. The van der Waals surface area contributed by atoms with Gasteiger partial charge in [0.15, 0.2) is 6.80 Å². The number of anilines is 1. The summed E-state index contributed by atoms with van der Waals surface area (Å²) in [7, 11) is 0. The van der Waals surface area contributed by atoms with Crippen molar-refractivity contribution < 1.29 is 18.3 Å². The lowest BCUT2D eigenvalue weighted by atomic mass is 9.96. The van der Waals surface area contributed by atoms with E-state index in [-0.39, 0.29) is 35.0 Å². The molecule has 2 aliphatic heterocycles. The zero-order valence-electron chi connectivity index (χ0n) is 18.4. The Morgan fingerprint density at radius 3 is 2.65 bits per heavy atom. The minimum Gasteiger partial charge on any atom is -0.507 e. The number of aromatic hydroxyl groups is 1. The molecule has 2 unspecified atom stereocenters. The second-order valence-corrected chi connectivity index (χ2v) is 9.43. The number of alkyl halides is 2. The first-order valence-electron chi connectivity index (χ1n) is 11.6. The second-order valence-electron chi connectivity index (χ2n) is 9.43. The fourth-order valence-electron chi connectivity index (χ4n) is 5.37. The summed E-state index contributed by atoms with van der Waals surface area (Å²) in [5.41, 5.74) is 0.971. The molecule has 178 valence electrons. The standard InChI is InChI=1S/C24H25F3N6O/c25-12-32-11-13(8-30-32)16-7-22(34)17(6-18(16)26)20-9-29-23(10-28-20)33(15-2-3-15)21-5-14-1-4-19(31-14)24(21)27/h6-11,14-15,19,21,24,31,34H,1-5,12H2/t14?,19?,21-,24+/m0/s1. The number of piperidine rings is 1. The highest BCUT2D eigenvalue weighted by atomic mass is 19.1. The number of hydrogen-bond acceptors (Lipinski definition) is 6. The van der Waals surface area contributed by atoms with Gasteiger partial charge in [-0.15, -0.1) is 0 Å². The number of hydrogen-bond donors (Lipinski definition) is 2. The van der Waals surface area contributed by atoms with Crippen molar-refractivity contribution in [1.29, 1.82) is 0 Å². The number of aromatic nitrogens is 4. The van der Waals surface area contributed by atoms with E-state index in [1.165, 1.54) is 30.7 Å². The zero-order valence-corrected chi connectivity index (χ0v) is 18.4. The van der Waals surface area contributed by atoms with E-state index in [1.54, 1.807) is 6.20 Å². The van der Waals surface area contributed by atoms with Crippen LogP contribution in [0.1, 0.15) is 32.1 Å². The molecule has 34 heavy (non-hydrogen) atoms. The van der Waals surface area contributed by atoms with Crippen LogP contribution in [0.5, 0.6) is 5.75 Å². The van der Waals surface area contributed by atoms with E-state index in [4.69, 9.17) is 0 Å². The molecular formula is C24H25F3N6O. The number of fused-ring (bicyclic) bond motifs is 2. The molecule has 3 aromatic rings. The Hall–Kier alpha value is -3.14. The maximum absolute atomic E-state index is 15.3. The molecule has 0 radical (unpaired) electrons. The van der Waals surface area contributed by atoms with Gasteiger partial charge in [0.1, 0.15) is 23.6 Å². The van der Waals surface area contributed by atoms with Gasteiger partial charge in [-0.1, -0.05) is 0 Å². The van der Waals surface area contributed by atoms with Crippen molar-refractivity contribution in [2.45, 2.75) is 69.2 Å². The molecule has 1 aromatic carbocycles. The van der Waals surface area contributed by atoms with Crippen LogP contribution in [0.3, 0.4) is 0 Å². The largest absolute Gasteiger partial charge is 0.507 e. The Kier molecular flexibility index (Phi) is 5.20. The van der Waals surface area contributed by atoms with Gasteiger partial charge in [-0.25, -0.2) is 22.8 Å². The third-order valence-electron chi connectivity index (χ3n) is 7.18. The van der Waals surface area contributed by atoms with Gasteiger partial charge in [-0.05, 0) is 44.2 Å². The van der Waals surface area contributed by atoms with Crippen molar-refractivity contribution in [2.75, 3.05) is 4.90 Å². The molecular weight excluding hydrogens is 445 g/mol. The highest BCUT2D eigenvalue weighted by Gasteiger charge is 2.48. The summed E-state index contributed by atoms with van der Waals surface area (Å²) in [6.45, 7) is -0.826.